The highest BCUT2D eigenvalue weighted by Gasteiger charge is 2.38. The molecule has 2 amide bonds. The highest BCUT2D eigenvalue weighted by Crippen LogP contribution is 2.37. The van der Waals surface area contributed by atoms with E-state index in [1.54, 1.807) is 31.4 Å². The Morgan fingerprint density at radius 1 is 0.968 bits per heavy atom. The van der Waals surface area contributed by atoms with Crippen molar-refractivity contribution in [2.75, 3.05) is 7.11 Å². The number of para-hydroxylation sites is 1. The molecule has 0 aromatic heterocycles. The van der Waals surface area contributed by atoms with Gasteiger partial charge in [-0.3, -0.25) is 9.59 Å². The van der Waals surface area contributed by atoms with Crippen LogP contribution < -0.4 is 15.4 Å². The van der Waals surface area contributed by atoms with Crippen molar-refractivity contribution >= 4 is 34.4 Å². The number of hydrogen-bond acceptors (Lipinski definition) is 5. The van der Waals surface area contributed by atoms with Gasteiger partial charge in [-0.15, -0.1) is 0 Å². The summed E-state index contributed by atoms with van der Waals surface area (Å²) in [4.78, 5) is 30.3. The molecule has 31 heavy (non-hydrogen) atoms. The van der Waals surface area contributed by atoms with Crippen LogP contribution in [0, 0.1) is 0 Å². The largest absolute Gasteiger partial charge is 0.497 e. The van der Waals surface area contributed by atoms with Crippen molar-refractivity contribution in [2.45, 2.75) is 11.3 Å². The van der Waals surface area contributed by atoms with Gasteiger partial charge in [0.05, 0.1) is 18.0 Å². The molecular formula is C24H21N3O3S. The molecule has 0 saturated carbocycles. The van der Waals surface area contributed by atoms with Crippen LogP contribution in [-0.4, -0.2) is 30.1 Å². The number of hydrogen-bond donors (Lipinski definition) is 2. The van der Waals surface area contributed by atoms with Crippen molar-refractivity contribution in [3.63, 3.8) is 0 Å². The van der Waals surface area contributed by atoms with E-state index in [2.05, 4.69) is 15.6 Å². The van der Waals surface area contributed by atoms with Gasteiger partial charge in [0.1, 0.15) is 11.8 Å². The number of amidine groups is 1. The Balaban J connectivity index is 1.64. The van der Waals surface area contributed by atoms with E-state index < -0.39 is 6.04 Å². The van der Waals surface area contributed by atoms with E-state index in [1.807, 2.05) is 60.7 Å². The third-order valence-corrected chi connectivity index (χ3v) is 6.02. The topological polar surface area (TPSA) is 79.8 Å². The molecule has 0 radical (unpaired) electrons. The predicted molar refractivity (Wildman–Crippen MR) is 123 cm³/mol. The van der Waals surface area contributed by atoms with Crippen LogP contribution in [0.5, 0.6) is 5.75 Å². The fraction of sp³-hybridized carbons (Fsp3) is 0.125. The summed E-state index contributed by atoms with van der Waals surface area (Å²) in [5.41, 5.74) is 2.13. The molecule has 2 atom stereocenters. The van der Waals surface area contributed by atoms with Gasteiger partial charge in [0.15, 0.2) is 5.17 Å². The molecule has 156 valence electrons. The summed E-state index contributed by atoms with van der Waals surface area (Å²) in [5, 5.41) is 5.85. The van der Waals surface area contributed by atoms with Gasteiger partial charge in [-0.1, -0.05) is 60.3 Å². The maximum Gasteiger partial charge on any atom is 0.251 e. The quantitative estimate of drug-likeness (QED) is 0.638. The number of carbonyl (C=O) groups is 2. The number of benzene rings is 3. The summed E-state index contributed by atoms with van der Waals surface area (Å²) < 4.78 is 5.25. The average molecular weight is 432 g/mol. The summed E-state index contributed by atoms with van der Waals surface area (Å²) in [5.74, 6) is 0.110. The second-order valence-electron chi connectivity index (χ2n) is 6.87. The maximum atomic E-state index is 13.0. The molecule has 2 N–H and O–H groups in total. The molecule has 1 heterocycles. The van der Waals surface area contributed by atoms with E-state index in [0.29, 0.717) is 10.7 Å². The number of carbonyl (C=O) groups excluding carboxylic acids is 2. The molecule has 6 nitrogen and oxygen atoms in total. The molecule has 7 heteroatoms. The lowest BCUT2D eigenvalue weighted by Crippen LogP contribution is -2.54. The molecule has 3 aromatic carbocycles. The van der Waals surface area contributed by atoms with E-state index in [0.717, 1.165) is 17.0 Å². The lowest BCUT2D eigenvalue weighted by atomic mass is 10.0. The molecule has 1 fully saturated rings. The van der Waals surface area contributed by atoms with Crippen LogP contribution in [0.2, 0.25) is 0 Å². The molecular weight excluding hydrogens is 410 g/mol. The lowest BCUT2D eigenvalue weighted by molar-refractivity contribution is -0.121. The minimum Gasteiger partial charge on any atom is -0.497 e. The first-order chi connectivity index (χ1) is 15.1. The first-order valence-corrected chi connectivity index (χ1v) is 10.6. The summed E-state index contributed by atoms with van der Waals surface area (Å²) >= 11 is 1.40. The number of nitrogens with one attached hydrogen (secondary N) is 2. The Morgan fingerprint density at radius 3 is 2.26 bits per heavy atom. The Labute approximate surface area is 184 Å². The van der Waals surface area contributed by atoms with E-state index in [-0.39, 0.29) is 17.1 Å². The number of rotatable bonds is 5. The van der Waals surface area contributed by atoms with Crippen LogP contribution in [-0.2, 0) is 4.79 Å². The number of thioether (sulfide) groups is 1. The Kier molecular flexibility index (Phi) is 6.33. The molecule has 1 aliphatic rings. The standard InChI is InChI=1S/C24H21N3O3S/c1-30-19-14-12-16(13-15-19)21-20(26-22(28)17-8-4-2-5-9-17)23(29)27-24(31-21)25-18-10-6-3-7-11-18/h2-15,20-21H,1H3,(H,26,28)(H,25,27,29)/t20-,21-/m1/s1. The number of nitrogens with zero attached hydrogens (tertiary/aromatic N) is 1. The minimum absolute atomic E-state index is 0.302. The van der Waals surface area contributed by atoms with Gasteiger partial charge in [-0.25, -0.2) is 4.99 Å². The lowest BCUT2D eigenvalue weighted by Gasteiger charge is -2.32. The third-order valence-electron chi connectivity index (χ3n) is 4.81. The molecule has 3 aromatic rings. The van der Waals surface area contributed by atoms with E-state index in [9.17, 15) is 9.59 Å². The van der Waals surface area contributed by atoms with E-state index >= 15 is 0 Å². The monoisotopic (exact) mass is 431 g/mol. The van der Waals surface area contributed by atoms with Crippen LogP contribution >= 0.6 is 11.8 Å². The first-order valence-electron chi connectivity index (χ1n) is 9.75. The van der Waals surface area contributed by atoms with Gasteiger partial charge in [0.25, 0.3) is 5.91 Å². The summed E-state index contributed by atoms with van der Waals surface area (Å²) in [6.45, 7) is 0. The van der Waals surface area contributed by atoms with Crippen molar-refractivity contribution in [1.82, 2.24) is 10.6 Å². The smallest absolute Gasteiger partial charge is 0.251 e. The van der Waals surface area contributed by atoms with Gasteiger partial charge >= 0.3 is 0 Å². The van der Waals surface area contributed by atoms with Crippen LogP contribution in [0.3, 0.4) is 0 Å². The van der Waals surface area contributed by atoms with Crippen LogP contribution in [0.1, 0.15) is 21.2 Å². The zero-order valence-electron chi connectivity index (χ0n) is 16.8. The van der Waals surface area contributed by atoms with Gasteiger partial charge < -0.3 is 15.4 Å². The number of methoxy groups -OCH3 is 1. The predicted octanol–water partition coefficient (Wildman–Crippen LogP) is 4.09. The highest BCUT2D eigenvalue weighted by atomic mass is 32.2. The van der Waals surface area contributed by atoms with Crippen molar-refractivity contribution in [3.05, 3.63) is 96.1 Å². The second-order valence-corrected chi connectivity index (χ2v) is 8.00. The number of amides is 2. The SMILES string of the molecule is COc1ccc([C@H]2SC(=Nc3ccccc3)NC(=O)[C@@H]2NC(=O)c2ccccc2)cc1. The van der Waals surface area contributed by atoms with Gasteiger partial charge in [0.2, 0.25) is 5.91 Å². The van der Waals surface area contributed by atoms with Crippen LogP contribution in [0.15, 0.2) is 89.9 Å². The maximum absolute atomic E-state index is 13.0. The summed E-state index contributed by atoms with van der Waals surface area (Å²) in [6.07, 6.45) is 0. The molecule has 1 aliphatic heterocycles. The normalized spacial score (nSPS) is 19.5. The fourth-order valence-electron chi connectivity index (χ4n) is 3.22. The Hall–Kier alpha value is -3.58. The van der Waals surface area contributed by atoms with E-state index in [1.165, 1.54) is 11.8 Å². The molecule has 0 spiro atoms. The molecule has 0 bridgehead atoms. The molecule has 0 aliphatic carbocycles. The van der Waals surface area contributed by atoms with Crippen LogP contribution in [0.4, 0.5) is 5.69 Å². The third kappa shape index (κ3) is 4.95. The van der Waals surface area contributed by atoms with Gasteiger partial charge in [-0.05, 0) is 42.0 Å². The molecule has 0 unspecified atom stereocenters. The van der Waals surface area contributed by atoms with Crippen molar-refractivity contribution < 1.29 is 14.3 Å². The van der Waals surface area contributed by atoms with Crippen molar-refractivity contribution in [1.29, 1.82) is 0 Å². The summed E-state index contributed by atoms with van der Waals surface area (Å²) in [6, 6.07) is 25.0. The zero-order valence-corrected chi connectivity index (χ0v) is 17.6. The second kappa shape index (κ2) is 9.49. The Morgan fingerprint density at radius 2 is 1.61 bits per heavy atom. The first kappa shape index (κ1) is 20.7. The highest BCUT2D eigenvalue weighted by molar-refractivity contribution is 8.14. The van der Waals surface area contributed by atoms with Gasteiger partial charge in [-0.2, -0.15) is 0 Å². The average Bonchev–Trinajstić information content (AvgIpc) is 2.82. The van der Waals surface area contributed by atoms with Crippen LogP contribution in [0.25, 0.3) is 0 Å². The van der Waals surface area contributed by atoms with Crippen molar-refractivity contribution in [2.24, 2.45) is 4.99 Å². The summed E-state index contributed by atoms with van der Waals surface area (Å²) in [7, 11) is 1.60. The van der Waals surface area contributed by atoms with E-state index in [4.69, 9.17) is 4.74 Å². The fourth-order valence-corrected chi connectivity index (χ4v) is 4.40. The van der Waals surface area contributed by atoms with Crippen molar-refractivity contribution in [3.8, 4) is 5.75 Å². The molecule has 1 saturated heterocycles. The minimum atomic E-state index is -0.763. The number of aliphatic imine (C=N–C) groups is 1. The Bertz CT molecular complexity index is 1090. The zero-order chi connectivity index (χ0) is 21.6. The number of ether oxygens (including phenoxy) is 1. The molecule has 4 rings (SSSR count). The van der Waals surface area contributed by atoms with Gasteiger partial charge in [0, 0.05) is 5.56 Å².